The minimum absolute atomic E-state index is 0.0108. The smallest absolute Gasteiger partial charge is 0.227 e. The van der Waals surface area contributed by atoms with Gasteiger partial charge in [0.05, 0.1) is 20.6 Å². The zero-order chi connectivity index (χ0) is 22.1. The van der Waals surface area contributed by atoms with E-state index in [0.717, 1.165) is 43.5 Å². The van der Waals surface area contributed by atoms with Crippen LogP contribution in [0.3, 0.4) is 0 Å². The highest BCUT2D eigenvalue weighted by Crippen LogP contribution is 2.25. The number of hydrogen-bond acceptors (Lipinski definition) is 5. The molecular formula is C24H31N3O4. The van der Waals surface area contributed by atoms with Crippen LogP contribution < -0.4 is 14.8 Å². The van der Waals surface area contributed by atoms with Gasteiger partial charge in [-0.1, -0.05) is 6.07 Å². The van der Waals surface area contributed by atoms with Crippen LogP contribution in [0.5, 0.6) is 11.5 Å². The van der Waals surface area contributed by atoms with Crippen molar-refractivity contribution in [3.63, 3.8) is 0 Å². The van der Waals surface area contributed by atoms with Gasteiger partial charge < -0.3 is 19.7 Å². The molecule has 1 N–H and O–H groups in total. The predicted octanol–water partition coefficient (Wildman–Crippen LogP) is 2.98. The topological polar surface area (TPSA) is 80.8 Å². The molecule has 31 heavy (non-hydrogen) atoms. The van der Waals surface area contributed by atoms with E-state index in [0.29, 0.717) is 36.8 Å². The van der Waals surface area contributed by atoms with E-state index in [1.165, 1.54) is 0 Å². The van der Waals surface area contributed by atoms with Crippen LogP contribution in [0.4, 0.5) is 0 Å². The molecule has 166 valence electrons. The quantitative estimate of drug-likeness (QED) is 0.668. The maximum atomic E-state index is 12.6. The molecule has 7 heteroatoms. The summed E-state index contributed by atoms with van der Waals surface area (Å²) in [5.41, 5.74) is 1.84. The lowest BCUT2D eigenvalue weighted by Gasteiger charge is -2.33. The Hall–Kier alpha value is -3.09. The summed E-state index contributed by atoms with van der Waals surface area (Å²) >= 11 is 0. The van der Waals surface area contributed by atoms with Crippen molar-refractivity contribution < 1.29 is 19.1 Å². The normalized spacial score (nSPS) is 15.9. The molecule has 2 amide bonds. The zero-order valence-corrected chi connectivity index (χ0v) is 18.3. The van der Waals surface area contributed by atoms with Crippen molar-refractivity contribution >= 4 is 11.8 Å². The monoisotopic (exact) mass is 425 g/mol. The summed E-state index contributed by atoms with van der Waals surface area (Å²) in [6, 6.07) is 9.32. The molecule has 7 nitrogen and oxygen atoms in total. The van der Waals surface area contributed by atoms with Crippen LogP contribution in [0.1, 0.15) is 36.8 Å². The molecule has 1 fully saturated rings. The van der Waals surface area contributed by atoms with E-state index in [-0.39, 0.29) is 11.8 Å². The fourth-order valence-electron chi connectivity index (χ4n) is 3.93. The Balaban J connectivity index is 1.43. The van der Waals surface area contributed by atoms with Crippen molar-refractivity contribution in [1.82, 2.24) is 15.2 Å². The van der Waals surface area contributed by atoms with Crippen LogP contribution in [0.15, 0.2) is 42.7 Å². The summed E-state index contributed by atoms with van der Waals surface area (Å²) < 4.78 is 10.6. The summed E-state index contributed by atoms with van der Waals surface area (Å²) in [5.74, 6) is 1.90. The van der Waals surface area contributed by atoms with E-state index >= 15 is 0 Å². The highest BCUT2D eigenvalue weighted by molar-refractivity contribution is 5.79. The molecule has 1 aromatic carbocycles. The van der Waals surface area contributed by atoms with Gasteiger partial charge >= 0.3 is 0 Å². The van der Waals surface area contributed by atoms with Crippen molar-refractivity contribution in [2.75, 3.05) is 27.3 Å². The predicted molar refractivity (Wildman–Crippen MR) is 118 cm³/mol. The number of nitrogens with one attached hydrogen (secondary N) is 1. The Morgan fingerprint density at radius 1 is 1.23 bits per heavy atom. The lowest BCUT2D eigenvalue weighted by molar-refractivity contribution is -0.132. The van der Waals surface area contributed by atoms with Crippen molar-refractivity contribution in [3.8, 4) is 11.5 Å². The number of ether oxygens (including phenoxy) is 2. The Morgan fingerprint density at radius 3 is 2.84 bits per heavy atom. The minimum atomic E-state index is 0.0108. The summed E-state index contributed by atoms with van der Waals surface area (Å²) in [6.45, 7) is 1.92. The number of carbonyl (C=O) groups is 2. The molecule has 1 atom stereocenters. The summed E-state index contributed by atoms with van der Waals surface area (Å²) in [4.78, 5) is 31.0. The standard InChI is InChI=1S/C24H31N3O4/c1-30-21-9-8-20(22(14-21)31-2)16-26-23(28)10-7-18-6-4-12-27(17-18)24(29)13-19-5-3-11-25-15-19/h3,5,8-9,11,14-15,18H,4,6-7,10,12-13,16-17H2,1-2H3,(H,26,28)/t18-/m1/s1. The van der Waals surface area contributed by atoms with Crippen LogP contribution in [-0.2, 0) is 22.6 Å². The van der Waals surface area contributed by atoms with Gasteiger partial charge in [0.15, 0.2) is 0 Å². The number of pyridine rings is 1. The van der Waals surface area contributed by atoms with E-state index in [1.54, 1.807) is 32.7 Å². The average molecular weight is 426 g/mol. The number of rotatable bonds is 9. The molecule has 2 heterocycles. The van der Waals surface area contributed by atoms with Crippen molar-refractivity contribution in [1.29, 1.82) is 0 Å². The molecule has 0 aliphatic carbocycles. The third kappa shape index (κ3) is 6.70. The zero-order valence-electron chi connectivity index (χ0n) is 18.3. The van der Waals surface area contributed by atoms with E-state index in [9.17, 15) is 9.59 Å². The fraction of sp³-hybridized carbons (Fsp3) is 0.458. The first-order valence-corrected chi connectivity index (χ1v) is 10.7. The van der Waals surface area contributed by atoms with Gasteiger partial charge in [-0.25, -0.2) is 0 Å². The summed E-state index contributed by atoms with van der Waals surface area (Å²) in [7, 11) is 3.21. The van der Waals surface area contributed by atoms with Gasteiger partial charge in [-0.2, -0.15) is 0 Å². The fourth-order valence-corrected chi connectivity index (χ4v) is 3.93. The molecule has 1 aliphatic heterocycles. The summed E-state index contributed by atoms with van der Waals surface area (Å²) in [5, 5.41) is 2.97. The molecule has 1 saturated heterocycles. The number of piperidine rings is 1. The molecule has 1 aromatic heterocycles. The first-order valence-electron chi connectivity index (χ1n) is 10.7. The Morgan fingerprint density at radius 2 is 2.10 bits per heavy atom. The highest BCUT2D eigenvalue weighted by Gasteiger charge is 2.24. The number of hydrogen-bond donors (Lipinski definition) is 1. The second-order valence-electron chi connectivity index (χ2n) is 7.88. The van der Waals surface area contributed by atoms with Crippen molar-refractivity contribution in [2.24, 2.45) is 5.92 Å². The van der Waals surface area contributed by atoms with Crippen LogP contribution in [0.2, 0.25) is 0 Å². The van der Waals surface area contributed by atoms with Gasteiger partial charge in [0.2, 0.25) is 11.8 Å². The number of nitrogens with zero attached hydrogens (tertiary/aromatic N) is 2. The van der Waals surface area contributed by atoms with Crippen LogP contribution in [-0.4, -0.2) is 49.0 Å². The van der Waals surface area contributed by atoms with Gasteiger partial charge in [-0.05, 0) is 48.9 Å². The van der Waals surface area contributed by atoms with Crippen molar-refractivity contribution in [2.45, 2.75) is 38.6 Å². The van der Waals surface area contributed by atoms with Crippen LogP contribution in [0, 0.1) is 5.92 Å². The van der Waals surface area contributed by atoms with Gasteiger partial charge in [0.1, 0.15) is 11.5 Å². The number of methoxy groups -OCH3 is 2. The van der Waals surface area contributed by atoms with Gasteiger partial charge in [0, 0.05) is 50.1 Å². The molecule has 2 aromatic rings. The molecule has 0 unspecified atom stereocenters. The van der Waals surface area contributed by atoms with E-state index < -0.39 is 0 Å². The number of benzene rings is 1. The van der Waals surface area contributed by atoms with Crippen molar-refractivity contribution in [3.05, 3.63) is 53.9 Å². The molecule has 1 aliphatic rings. The van der Waals surface area contributed by atoms with Gasteiger partial charge in [-0.15, -0.1) is 0 Å². The highest BCUT2D eigenvalue weighted by atomic mass is 16.5. The Bertz CT molecular complexity index is 872. The van der Waals surface area contributed by atoms with E-state index in [1.807, 2.05) is 29.2 Å². The molecule has 0 spiro atoms. The number of amides is 2. The average Bonchev–Trinajstić information content (AvgIpc) is 2.82. The third-order valence-electron chi connectivity index (χ3n) is 5.70. The maximum absolute atomic E-state index is 12.6. The minimum Gasteiger partial charge on any atom is -0.497 e. The maximum Gasteiger partial charge on any atom is 0.227 e. The SMILES string of the molecule is COc1ccc(CNC(=O)CC[C@H]2CCCN(C(=O)Cc3cccnc3)C2)c(OC)c1. The first-order chi connectivity index (χ1) is 15.1. The van der Waals surface area contributed by atoms with E-state index in [2.05, 4.69) is 10.3 Å². The Kier molecular flexibility index (Phi) is 8.27. The molecule has 0 radical (unpaired) electrons. The van der Waals surface area contributed by atoms with E-state index in [4.69, 9.17) is 9.47 Å². The second-order valence-corrected chi connectivity index (χ2v) is 7.88. The molecule has 3 rings (SSSR count). The van der Waals surface area contributed by atoms with Gasteiger partial charge in [0.25, 0.3) is 0 Å². The van der Waals surface area contributed by atoms with Crippen LogP contribution in [0.25, 0.3) is 0 Å². The van der Waals surface area contributed by atoms with Crippen LogP contribution >= 0.6 is 0 Å². The largest absolute Gasteiger partial charge is 0.497 e. The number of likely N-dealkylation sites (tertiary alicyclic amines) is 1. The molecule has 0 saturated carbocycles. The second kappa shape index (κ2) is 11.3. The molecule has 0 bridgehead atoms. The summed E-state index contributed by atoms with van der Waals surface area (Å²) in [6.07, 6.45) is 7.09. The lowest BCUT2D eigenvalue weighted by atomic mass is 9.93. The lowest BCUT2D eigenvalue weighted by Crippen LogP contribution is -2.41. The number of carbonyl (C=O) groups excluding carboxylic acids is 2. The number of aromatic nitrogens is 1. The first kappa shape index (κ1) is 22.6. The Labute approximate surface area is 183 Å². The van der Waals surface area contributed by atoms with Gasteiger partial charge in [-0.3, -0.25) is 14.6 Å². The molecular weight excluding hydrogens is 394 g/mol. The third-order valence-corrected chi connectivity index (χ3v) is 5.70.